The monoisotopic (exact) mass is 180 g/mol. The van der Waals surface area contributed by atoms with E-state index in [9.17, 15) is 0 Å². The van der Waals surface area contributed by atoms with Gasteiger partial charge in [0.05, 0.1) is 6.10 Å². The molecule has 0 amide bonds. The van der Waals surface area contributed by atoms with Crippen LogP contribution in [0.1, 0.15) is 33.1 Å². The van der Waals surface area contributed by atoms with Crippen molar-refractivity contribution in [1.29, 1.82) is 0 Å². The molecule has 3 aliphatic rings. The zero-order valence-corrected chi connectivity index (χ0v) is 8.70. The van der Waals surface area contributed by atoms with Gasteiger partial charge in [-0.15, -0.1) is 0 Å². The number of rotatable bonds is 3. The van der Waals surface area contributed by atoms with Gasteiger partial charge < -0.3 is 4.74 Å². The highest BCUT2D eigenvalue weighted by Crippen LogP contribution is 2.69. The lowest BCUT2D eigenvalue weighted by Gasteiger charge is -2.10. The fourth-order valence-electron chi connectivity index (χ4n) is 3.93. The van der Waals surface area contributed by atoms with Crippen molar-refractivity contribution in [3.05, 3.63) is 0 Å². The van der Waals surface area contributed by atoms with Crippen LogP contribution in [0.2, 0.25) is 0 Å². The summed E-state index contributed by atoms with van der Waals surface area (Å²) in [7, 11) is 0. The Kier molecular flexibility index (Phi) is 1.74. The van der Waals surface area contributed by atoms with Crippen LogP contribution in [-0.4, -0.2) is 12.7 Å². The van der Waals surface area contributed by atoms with Crippen molar-refractivity contribution in [3.8, 4) is 0 Å². The van der Waals surface area contributed by atoms with E-state index >= 15 is 0 Å². The lowest BCUT2D eigenvalue weighted by Crippen LogP contribution is -2.12. The average Bonchev–Trinajstić information content (AvgIpc) is 2.97. The second-order valence-electron chi connectivity index (χ2n) is 5.22. The fraction of sp³-hybridized carbons (Fsp3) is 1.00. The van der Waals surface area contributed by atoms with Crippen LogP contribution in [0.3, 0.4) is 0 Å². The van der Waals surface area contributed by atoms with Crippen molar-refractivity contribution in [3.63, 3.8) is 0 Å². The molecular formula is C12H20O. The Morgan fingerprint density at radius 1 is 1.31 bits per heavy atom. The normalized spacial score (nSPS) is 53.5. The molecule has 0 aromatic heterocycles. The Hall–Kier alpha value is -0.0400. The first-order chi connectivity index (χ1) is 6.33. The van der Waals surface area contributed by atoms with Gasteiger partial charge in [-0.25, -0.2) is 0 Å². The SMILES string of the molecule is CCOC(C)C1C2CCC3CC3C21. The second kappa shape index (κ2) is 2.73. The molecule has 0 radical (unpaired) electrons. The Morgan fingerprint density at radius 3 is 2.92 bits per heavy atom. The molecule has 3 rings (SSSR count). The summed E-state index contributed by atoms with van der Waals surface area (Å²) in [5, 5.41) is 0. The molecule has 6 unspecified atom stereocenters. The topological polar surface area (TPSA) is 9.23 Å². The van der Waals surface area contributed by atoms with Gasteiger partial charge in [-0.05, 0) is 62.7 Å². The molecule has 0 aliphatic heterocycles. The van der Waals surface area contributed by atoms with Gasteiger partial charge in [-0.1, -0.05) is 0 Å². The van der Waals surface area contributed by atoms with E-state index in [0.717, 1.165) is 36.2 Å². The lowest BCUT2D eigenvalue weighted by molar-refractivity contribution is 0.0534. The summed E-state index contributed by atoms with van der Waals surface area (Å²) in [6.45, 7) is 5.29. The summed E-state index contributed by atoms with van der Waals surface area (Å²) in [6, 6.07) is 0. The smallest absolute Gasteiger partial charge is 0.0580 e. The first-order valence-corrected chi connectivity index (χ1v) is 5.94. The van der Waals surface area contributed by atoms with Crippen molar-refractivity contribution >= 4 is 0 Å². The van der Waals surface area contributed by atoms with Gasteiger partial charge in [0.25, 0.3) is 0 Å². The van der Waals surface area contributed by atoms with Crippen LogP contribution in [-0.2, 0) is 4.74 Å². The maximum Gasteiger partial charge on any atom is 0.0580 e. The highest BCUT2D eigenvalue weighted by molar-refractivity contribution is 5.13. The highest BCUT2D eigenvalue weighted by Gasteiger charge is 2.64. The number of fused-ring (bicyclic) bond motifs is 3. The van der Waals surface area contributed by atoms with Crippen LogP contribution < -0.4 is 0 Å². The van der Waals surface area contributed by atoms with E-state index in [1.54, 1.807) is 6.42 Å². The molecule has 0 aromatic rings. The molecule has 13 heavy (non-hydrogen) atoms. The van der Waals surface area contributed by atoms with Crippen molar-refractivity contribution in [1.82, 2.24) is 0 Å². The minimum Gasteiger partial charge on any atom is -0.378 e. The van der Waals surface area contributed by atoms with E-state index in [1.165, 1.54) is 12.8 Å². The van der Waals surface area contributed by atoms with Crippen LogP contribution in [0, 0.1) is 29.6 Å². The van der Waals surface area contributed by atoms with Crippen LogP contribution in [0.5, 0.6) is 0 Å². The Labute approximate surface area is 80.8 Å². The lowest BCUT2D eigenvalue weighted by atomic mass is 10.0. The highest BCUT2D eigenvalue weighted by atomic mass is 16.5. The summed E-state index contributed by atoms with van der Waals surface area (Å²) < 4.78 is 5.72. The van der Waals surface area contributed by atoms with E-state index in [1.807, 2.05) is 0 Å². The molecule has 0 aromatic carbocycles. The molecule has 3 saturated carbocycles. The minimum absolute atomic E-state index is 0.541. The maximum atomic E-state index is 5.72. The molecule has 0 N–H and O–H groups in total. The van der Waals surface area contributed by atoms with Crippen molar-refractivity contribution in [2.45, 2.75) is 39.2 Å². The van der Waals surface area contributed by atoms with Crippen LogP contribution >= 0.6 is 0 Å². The third-order valence-corrected chi connectivity index (χ3v) is 4.61. The van der Waals surface area contributed by atoms with Crippen LogP contribution in [0.15, 0.2) is 0 Å². The third-order valence-electron chi connectivity index (χ3n) is 4.61. The maximum absolute atomic E-state index is 5.72. The fourth-order valence-corrected chi connectivity index (χ4v) is 3.93. The Bertz CT molecular complexity index is 213. The molecule has 3 fully saturated rings. The first kappa shape index (κ1) is 8.28. The average molecular weight is 180 g/mol. The van der Waals surface area contributed by atoms with Crippen molar-refractivity contribution < 1.29 is 4.74 Å². The third kappa shape index (κ3) is 1.16. The Morgan fingerprint density at radius 2 is 2.15 bits per heavy atom. The van der Waals surface area contributed by atoms with Gasteiger partial charge in [-0.3, -0.25) is 0 Å². The molecule has 0 bridgehead atoms. The molecule has 1 heteroatoms. The summed E-state index contributed by atoms with van der Waals surface area (Å²) in [4.78, 5) is 0. The predicted octanol–water partition coefficient (Wildman–Crippen LogP) is 2.70. The molecule has 74 valence electrons. The Balaban J connectivity index is 1.62. The standard InChI is InChI=1S/C12H20O/c1-3-13-7(2)11-9-5-4-8-6-10(8)12(9)11/h7-12H,3-6H2,1-2H3. The minimum atomic E-state index is 0.541. The zero-order chi connectivity index (χ0) is 9.00. The predicted molar refractivity (Wildman–Crippen MR) is 52.4 cm³/mol. The van der Waals surface area contributed by atoms with Gasteiger partial charge in [0.2, 0.25) is 0 Å². The van der Waals surface area contributed by atoms with E-state index < -0.39 is 0 Å². The van der Waals surface area contributed by atoms with Gasteiger partial charge in [0.1, 0.15) is 0 Å². The van der Waals surface area contributed by atoms with Gasteiger partial charge in [-0.2, -0.15) is 0 Å². The molecule has 6 atom stereocenters. The van der Waals surface area contributed by atoms with E-state index in [-0.39, 0.29) is 0 Å². The van der Waals surface area contributed by atoms with Gasteiger partial charge in [0.15, 0.2) is 0 Å². The molecule has 3 aliphatic carbocycles. The summed E-state index contributed by atoms with van der Waals surface area (Å²) in [5.74, 6) is 5.36. The molecule has 1 nitrogen and oxygen atoms in total. The largest absolute Gasteiger partial charge is 0.378 e. The van der Waals surface area contributed by atoms with E-state index in [2.05, 4.69) is 13.8 Å². The van der Waals surface area contributed by atoms with Crippen molar-refractivity contribution in [2.75, 3.05) is 6.61 Å². The molecule has 0 spiro atoms. The first-order valence-electron chi connectivity index (χ1n) is 5.94. The van der Waals surface area contributed by atoms with E-state index in [0.29, 0.717) is 6.10 Å². The van der Waals surface area contributed by atoms with Gasteiger partial charge in [0, 0.05) is 6.61 Å². The second-order valence-corrected chi connectivity index (χ2v) is 5.22. The van der Waals surface area contributed by atoms with Crippen molar-refractivity contribution in [2.24, 2.45) is 29.6 Å². The molecular weight excluding hydrogens is 160 g/mol. The zero-order valence-electron chi connectivity index (χ0n) is 8.70. The van der Waals surface area contributed by atoms with E-state index in [4.69, 9.17) is 4.74 Å². The summed E-state index contributed by atoms with van der Waals surface area (Å²) in [6.07, 6.45) is 5.13. The number of ether oxygens (including phenoxy) is 1. The molecule has 0 saturated heterocycles. The number of hydrogen-bond donors (Lipinski definition) is 0. The van der Waals surface area contributed by atoms with Gasteiger partial charge >= 0.3 is 0 Å². The summed E-state index contributed by atoms with van der Waals surface area (Å²) >= 11 is 0. The summed E-state index contributed by atoms with van der Waals surface area (Å²) in [5.41, 5.74) is 0. The number of hydrogen-bond acceptors (Lipinski definition) is 1. The van der Waals surface area contributed by atoms with Crippen LogP contribution in [0.4, 0.5) is 0 Å². The quantitative estimate of drug-likeness (QED) is 0.649. The van der Waals surface area contributed by atoms with Crippen LogP contribution in [0.25, 0.3) is 0 Å². The molecule has 0 heterocycles.